The van der Waals surface area contributed by atoms with Crippen LogP contribution in [0.4, 0.5) is 14.9 Å². The maximum atomic E-state index is 14.3. The summed E-state index contributed by atoms with van der Waals surface area (Å²) >= 11 is 0. The maximum Gasteiger partial charge on any atom is 0.335 e. The lowest BCUT2D eigenvalue weighted by Crippen LogP contribution is -2.54. The van der Waals surface area contributed by atoms with Crippen molar-refractivity contribution in [2.45, 2.75) is 20.8 Å². The zero-order valence-corrected chi connectivity index (χ0v) is 17.3. The van der Waals surface area contributed by atoms with Crippen molar-refractivity contribution in [1.29, 1.82) is 0 Å². The van der Waals surface area contributed by atoms with Gasteiger partial charge in [-0.05, 0) is 62.2 Å². The smallest absolute Gasteiger partial charge is 0.315 e. The van der Waals surface area contributed by atoms with Gasteiger partial charge in [-0.15, -0.1) is 0 Å². The van der Waals surface area contributed by atoms with Crippen LogP contribution in [0.25, 0.3) is 11.8 Å². The highest BCUT2D eigenvalue weighted by Crippen LogP contribution is 2.28. The Labute approximate surface area is 178 Å². The Balaban J connectivity index is 1.80. The molecule has 3 aromatic rings. The number of urea groups is 1. The van der Waals surface area contributed by atoms with Gasteiger partial charge in [0.05, 0.1) is 11.4 Å². The van der Waals surface area contributed by atoms with Crippen LogP contribution < -0.4 is 10.2 Å². The van der Waals surface area contributed by atoms with E-state index in [-0.39, 0.29) is 11.4 Å². The van der Waals surface area contributed by atoms with Gasteiger partial charge in [0.2, 0.25) is 0 Å². The van der Waals surface area contributed by atoms with Gasteiger partial charge in [-0.25, -0.2) is 14.1 Å². The van der Waals surface area contributed by atoms with Crippen LogP contribution in [0.15, 0.2) is 60.2 Å². The quantitative estimate of drug-likeness (QED) is 0.513. The molecule has 0 saturated carbocycles. The van der Waals surface area contributed by atoms with Crippen molar-refractivity contribution < 1.29 is 18.8 Å². The highest BCUT2D eigenvalue weighted by atomic mass is 19.1. The number of para-hydroxylation sites is 2. The molecule has 0 atom stereocenters. The second-order valence-corrected chi connectivity index (χ2v) is 7.36. The van der Waals surface area contributed by atoms with E-state index >= 15 is 0 Å². The molecule has 7 heteroatoms. The van der Waals surface area contributed by atoms with Gasteiger partial charge >= 0.3 is 6.03 Å². The molecule has 2 heterocycles. The molecular formula is C24H20FN3O3. The maximum absolute atomic E-state index is 14.3. The summed E-state index contributed by atoms with van der Waals surface area (Å²) in [6, 6.07) is 14.3. The summed E-state index contributed by atoms with van der Waals surface area (Å²) in [5.41, 5.74) is 3.31. The van der Waals surface area contributed by atoms with Crippen LogP contribution in [0.2, 0.25) is 0 Å². The van der Waals surface area contributed by atoms with Crippen LogP contribution >= 0.6 is 0 Å². The van der Waals surface area contributed by atoms with Crippen molar-refractivity contribution in [2.24, 2.45) is 0 Å². The largest absolute Gasteiger partial charge is 0.335 e. The summed E-state index contributed by atoms with van der Waals surface area (Å²) in [6.07, 6.45) is 1.44. The van der Waals surface area contributed by atoms with Crippen molar-refractivity contribution >= 4 is 29.6 Å². The van der Waals surface area contributed by atoms with Gasteiger partial charge in [0.25, 0.3) is 11.8 Å². The Bertz CT molecular complexity index is 1270. The van der Waals surface area contributed by atoms with E-state index in [9.17, 15) is 18.8 Å². The predicted molar refractivity (Wildman–Crippen MR) is 115 cm³/mol. The van der Waals surface area contributed by atoms with Gasteiger partial charge in [0.15, 0.2) is 0 Å². The lowest BCUT2D eigenvalue weighted by atomic mass is 10.1. The number of hydrogen-bond donors (Lipinski definition) is 1. The van der Waals surface area contributed by atoms with Crippen LogP contribution in [0, 0.1) is 26.6 Å². The van der Waals surface area contributed by atoms with Crippen LogP contribution in [0.1, 0.15) is 22.5 Å². The number of aromatic nitrogens is 1. The SMILES string of the molecule is Cc1ccccc1N1C(=O)NC(=O)C(=Cc2cc(C)n(-c3ccccc3F)c2C)C1=O. The first-order valence-electron chi connectivity index (χ1n) is 9.70. The average Bonchev–Trinajstić information content (AvgIpc) is 3.00. The van der Waals surface area contributed by atoms with Gasteiger partial charge in [-0.1, -0.05) is 30.3 Å². The first-order chi connectivity index (χ1) is 14.8. The minimum atomic E-state index is -0.793. The van der Waals surface area contributed by atoms with E-state index in [4.69, 9.17) is 0 Å². The second kappa shape index (κ2) is 7.68. The molecule has 156 valence electrons. The number of anilines is 1. The van der Waals surface area contributed by atoms with E-state index in [0.29, 0.717) is 22.6 Å². The molecule has 1 aromatic heterocycles. The zero-order valence-electron chi connectivity index (χ0n) is 17.3. The number of imide groups is 2. The monoisotopic (exact) mass is 417 g/mol. The molecule has 6 nitrogen and oxygen atoms in total. The lowest BCUT2D eigenvalue weighted by Gasteiger charge is -2.27. The fourth-order valence-corrected chi connectivity index (χ4v) is 3.78. The number of carbonyl (C=O) groups is 3. The molecule has 0 spiro atoms. The number of amides is 4. The average molecular weight is 417 g/mol. The molecule has 4 amide bonds. The molecule has 0 unspecified atom stereocenters. The number of nitrogens with one attached hydrogen (secondary N) is 1. The number of halogens is 1. The summed E-state index contributed by atoms with van der Waals surface area (Å²) in [5, 5.41) is 2.23. The van der Waals surface area contributed by atoms with Gasteiger partial charge in [0.1, 0.15) is 11.4 Å². The third-order valence-corrected chi connectivity index (χ3v) is 5.32. The van der Waals surface area contributed by atoms with Crippen molar-refractivity contribution in [2.75, 3.05) is 4.90 Å². The molecule has 4 rings (SSSR count). The Morgan fingerprint density at radius 3 is 2.23 bits per heavy atom. The molecule has 1 aliphatic rings. The number of rotatable bonds is 3. The number of nitrogens with zero attached hydrogens (tertiary/aromatic N) is 2. The van der Waals surface area contributed by atoms with Crippen molar-refractivity contribution in [3.63, 3.8) is 0 Å². The minimum Gasteiger partial charge on any atom is -0.315 e. The van der Waals surface area contributed by atoms with Crippen LogP contribution in [-0.4, -0.2) is 22.4 Å². The molecule has 0 radical (unpaired) electrons. The highest BCUT2D eigenvalue weighted by Gasteiger charge is 2.37. The third kappa shape index (κ3) is 3.44. The van der Waals surface area contributed by atoms with E-state index in [1.165, 1.54) is 12.1 Å². The summed E-state index contributed by atoms with van der Waals surface area (Å²) in [6.45, 7) is 5.37. The number of hydrogen-bond acceptors (Lipinski definition) is 3. The topological polar surface area (TPSA) is 71.4 Å². The number of barbiturate groups is 1. The van der Waals surface area contributed by atoms with E-state index < -0.39 is 17.8 Å². The number of carbonyl (C=O) groups excluding carboxylic acids is 3. The molecule has 1 saturated heterocycles. The Morgan fingerprint density at radius 1 is 0.903 bits per heavy atom. The molecule has 1 aliphatic heterocycles. The Hall–Kier alpha value is -4.00. The first kappa shape index (κ1) is 20.3. The predicted octanol–water partition coefficient (Wildman–Crippen LogP) is 4.21. The third-order valence-electron chi connectivity index (χ3n) is 5.32. The molecule has 31 heavy (non-hydrogen) atoms. The molecular weight excluding hydrogens is 397 g/mol. The zero-order chi connectivity index (χ0) is 22.3. The number of aryl methyl sites for hydroxylation is 2. The minimum absolute atomic E-state index is 0.170. The Kier molecular flexibility index (Phi) is 5.02. The summed E-state index contributed by atoms with van der Waals surface area (Å²) in [7, 11) is 0. The van der Waals surface area contributed by atoms with Gasteiger partial charge < -0.3 is 4.57 Å². The van der Waals surface area contributed by atoms with E-state index in [2.05, 4.69) is 5.32 Å². The fraction of sp³-hybridized carbons (Fsp3) is 0.125. The fourth-order valence-electron chi connectivity index (χ4n) is 3.78. The normalized spacial score (nSPS) is 15.5. The summed E-state index contributed by atoms with van der Waals surface area (Å²) < 4.78 is 16.1. The van der Waals surface area contributed by atoms with Crippen molar-refractivity contribution in [3.8, 4) is 5.69 Å². The van der Waals surface area contributed by atoms with E-state index in [0.717, 1.165) is 16.2 Å². The molecule has 2 aromatic carbocycles. The molecule has 0 aliphatic carbocycles. The Morgan fingerprint density at radius 2 is 1.55 bits per heavy atom. The van der Waals surface area contributed by atoms with Crippen LogP contribution in [0.3, 0.4) is 0 Å². The van der Waals surface area contributed by atoms with Gasteiger partial charge in [0, 0.05) is 11.4 Å². The number of benzene rings is 2. The van der Waals surface area contributed by atoms with E-state index in [1.807, 2.05) is 6.92 Å². The molecule has 1 fully saturated rings. The first-order valence-corrected chi connectivity index (χ1v) is 9.70. The summed E-state index contributed by atoms with van der Waals surface area (Å²) in [5.74, 6) is -1.86. The standard InChI is InChI=1S/C24H20FN3O3/c1-14-8-4-6-10-20(14)28-23(30)18(22(29)26-24(28)31)13-17-12-15(2)27(16(17)3)21-11-7-5-9-19(21)25/h4-13H,1-3H3,(H,26,29,31). The van der Waals surface area contributed by atoms with Crippen molar-refractivity contribution in [3.05, 3.63) is 88.5 Å². The van der Waals surface area contributed by atoms with Crippen LogP contribution in [0.5, 0.6) is 0 Å². The van der Waals surface area contributed by atoms with Gasteiger partial charge in [-0.2, -0.15) is 0 Å². The molecule has 1 N–H and O–H groups in total. The highest BCUT2D eigenvalue weighted by molar-refractivity contribution is 6.39. The van der Waals surface area contributed by atoms with Crippen molar-refractivity contribution in [1.82, 2.24) is 9.88 Å². The second-order valence-electron chi connectivity index (χ2n) is 7.36. The molecule has 0 bridgehead atoms. The summed E-state index contributed by atoms with van der Waals surface area (Å²) in [4.78, 5) is 39.0. The van der Waals surface area contributed by atoms with Crippen LogP contribution in [-0.2, 0) is 9.59 Å². The van der Waals surface area contributed by atoms with E-state index in [1.54, 1.807) is 66.9 Å². The van der Waals surface area contributed by atoms with Gasteiger partial charge in [-0.3, -0.25) is 14.9 Å². The lowest BCUT2D eigenvalue weighted by molar-refractivity contribution is -0.122.